The zero-order chi connectivity index (χ0) is 3.54. The predicted octanol–water partition coefficient (Wildman–Crippen LogP) is 1.31. The summed E-state index contributed by atoms with van der Waals surface area (Å²) < 4.78 is 4.78. The Bertz CT molecular complexity index is 19.2. The molecule has 0 N–H and O–H groups in total. The first kappa shape index (κ1) is 3.84. The maximum Gasteiger partial charge on any atom is 0.0324 e. The molecule has 1 rings (SSSR count). The molecular formula is C2H4OS2. The van der Waals surface area contributed by atoms with Crippen molar-refractivity contribution in [3.05, 3.63) is 0 Å². The first-order valence-electron chi connectivity index (χ1n) is 1.41. The summed E-state index contributed by atoms with van der Waals surface area (Å²) in [5, 5.41) is 0. The summed E-state index contributed by atoms with van der Waals surface area (Å²) in [5.74, 6) is 2.31. The summed E-state index contributed by atoms with van der Waals surface area (Å²) >= 11 is 3.07. The van der Waals surface area contributed by atoms with Gasteiger partial charge in [-0.1, -0.05) is 0 Å². The van der Waals surface area contributed by atoms with Gasteiger partial charge in [-0.3, -0.25) is 0 Å². The number of hydrogen-bond acceptors (Lipinski definition) is 3. The number of hydrogen-bond donors (Lipinski definition) is 0. The Labute approximate surface area is 39.9 Å². The van der Waals surface area contributed by atoms with Crippen LogP contribution in [-0.2, 0) is 3.63 Å². The van der Waals surface area contributed by atoms with Gasteiger partial charge in [0.2, 0.25) is 0 Å². The predicted molar refractivity (Wildman–Crippen MR) is 26.0 cm³/mol. The van der Waals surface area contributed by atoms with Gasteiger partial charge < -0.3 is 0 Å². The van der Waals surface area contributed by atoms with Gasteiger partial charge in [-0.05, 0) is 0 Å². The smallest absolute Gasteiger partial charge is 0.0324 e. The second-order valence-corrected chi connectivity index (χ2v) is 2.54. The van der Waals surface area contributed by atoms with Crippen molar-refractivity contribution < 1.29 is 3.63 Å². The van der Waals surface area contributed by atoms with Crippen LogP contribution in [-0.4, -0.2) is 11.5 Å². The molecule has 3 heteroatoms. The molecule has 1 saturated heterocycles. The standard InChI is InChI=1S/C2H4OS2/c1-2-5-3-4-1/h1-2H2. The lowest BCUT2D eigenvalue weighted by atomic mass is 11.0. The molecule has 1 nitrogen and oxygen atoms in total. The Hall–Kier alpha value is 0.660. The first-order chi connectivity index (χ1) is 2.50. The molecule has 1 aliphatic heterocycles. The molecule has 0 aliphatic carbocycles. The van der Waals surface area contributed by atoms with E-state index in [1.165, 1.54) is 24.1 Å². The van der Waals surface area contributed by atoms with E-state index < -0.39 is 0 Å². The SMILES string of the molecule is C1CSOS1. The second-order valence-electron chi connectivity index (χ2n) is 0.712. The minimum absolute atomic E-state index is 1.16. The van der Waals surface area contributed by atoms with Crippen LogP contribution in [0.15, 0.2) is 0 Å². The molecule has 0 aromatic heterocycles. The average Bonchev–Trinajstić information content (AvgIpc) is 1.76. The van der Waals surface area contributed by atoms with Crippen molar-refractivity contribution in [3.8, 4) is 0 Å². The second kappa shape index (κ2) is 1.95. The molecule has 0 aromatic carbocycles. The highest BCUT2D eigenvalue weighted by molar-refractivity contribution is 8.11. The van der Waals surface area contributed by atoms with Gasteiger partial charge in [0, 0.05) is 35.6 Å². The Morgan fingerprint density at radius 1 is 1.20 bits per heavy atom. The van der Waals surface area contributed by atoms with Crippen molar-refractivity contribution in [2.45, 2.75) is 0 Å². The Morgan fingerprint density at radius 3 is 2.00 bits per heavy atom. The van der Waals surface area contributed by atoms with Crippen LogP contribution in [0.4, 0.5) is 0 Å². The van der Waals surface area contributed by atoms with Crippen LogP contribution in [0, 0.1) is 0 Å². The summed E-state index contributed by atoms with van der Waals surface area (Å²) in [6.07, 6.45) is 0. The van der Waals surface area contributed by atoms with Gasteiger partial charge >= 0.3 is 0 Å². The lowest BCUT2D eigenvalue weighted by molar-refractivity contribution is 0.777. The molecule has 0 bridgehead atoms. The quantitative estimate of drug-likeness (QED) is 0.433. The molecule has 0 unspecified atom stereocenters. The molecule has 0 radical (unpaired) electrons. The summed E-state index contributed by atoms with van der Waals surface area (Å²) in [6, 6.07) is 0. The van der Waals surface area contributed by atoms with Crippen LogP contribution in [0.3, 0.4) is 0 Å². The van der Waals surface area contributed by atoms with E-state index in [4.69, 9.17) is 3.63 Å². The number of rotatable bonds is 0. The molecule has 0 atom stereocenters. The first-order valence-corrected chi connectivity index (χ1v) is 3.23. The lowest BCUT2D eigenvalue weighted by Crippen LogP contribution is -1.64. The van der Waals surface area contributed by atoms with Crippen molar-refractivity contribution in [3.63, 3.8) is 0 Å². The highest BCUT2D eigenvalue weighted by Crippen LogP contribution is 2.22. The minimum atomic E-state index is 1.16. The van der Waals surface area contributed by atoms with E-state index in [9.17, 15) is 0 Å². The van der Waals surface area contributed by atoms with Crippen LogP contribution < -0.4 is 0 Å². The summed E-state index contributed by atoms with van der Waals surface area (Å²) in [6.45, 7) is 0. The fourth-order valence-corrected chi connectivity index (χ4v) is 1.53. The van der Waals surface area contributed by atoms with Crippen molar-refractivity contribution in [1.82, 2.24) is 0 Å². The van der Waals surface area contributed by atoms with Crippen LogP contribution in [0.1, 0.15) is 0 Å². The molecule has 0 saturated carbocycles. The average molecular weight is 108 g/mol. The molecule has 5 heavy (non-hydrogen) atoms. The lowest BCUT2D eigenvalue weighted by Gasteiger charge is -1.72. The van der Waals surface area contributed by atoms with E-state index >= 15 is 0 Å². The van der Waals surface area contributed by atoms with E-state index in [1.807, 2.05) is 0 Å². The summed E-state index contributed by atoms with van der Waals surface area (Å²) in [5.41, 5.74) is 0. The summed E-state index contributed by atoms with van der Waals surface area (Å²) in [4.78, 5) is 0. The molecule has 30 valence electrons. The van der Waals surface area contributed by atoms with Crippen LogP contribution >= 0.6 is 24.1 Å². The zero-order valence-corrected chi connectivity index (χ0v) is 4.27. The van der Waals surface area contributed by atoms with E-state index in [-0.39, 0.29) is 0 Å². The van der Waals surface area contributed by atoms with E-state index in [0.29, 0.717) is 0 Å². The summed E-state index contributed by atoms with van der Waals surface area (Å²) in [7, 11) is 0. The third-order valence-electron chi connectivity index (χ3n) is 0.346. The molecule has 1 heterocycles. The van der Waals surface area contributed by atoms with Gasteiger partial charge in [-0.15, -0.1) is 0 Å². The Morgan fingerprint density at radius 2 is 1.80 bits per heavy atom. The maximum absolute atomic E-state index is 4.78. The maximum atomic E-state index is 4.78. The highest BCUT2D eigenvalue weighted by atomic mass is 32.2. The molecule has 0 spiro atoms. The molecular weight excluding hydrogens is 104 g/mol. The fraction of sp³-hybridized carbons (Fsp3) is 1.00. The van der Waals surface area contributed by atoms with Gasteiger partial charge in [0.25, 0.3) is 0 Å². The highest BCUT2D eigenvalue weighted by Gasteiger charge is 1.97. The Kier molecular flexibility index (Phi) is 1.50. The van der Waals surface area contributed by atoms with Gasteiger partial charge in [0.05, 0.1) is 0 Å². The van der Waals surface area contributed by atoms with Crippen LogP contribution in [0.2, 0.25) is 0 Å². The molecule has 0 amide bonds. The van der Waals surface area contributed by atoms with E-state index in [2.05, 4.69) is 0 Å². The Balaban J connectivity index is 2.08. The van der Waals surface area contributed by atoms with Gasteiger partial charge in [-0.2, -0.15) is 0 Å². The van der Waals surface area contributed by atoms with Crippen molar-refractivity contribution >= 4 is 24.1 Å². The van der Waals surface area contributed by atoms with E-state index in [0.717, 1.165) is 11.5 Å². The molecule has 0 aromatic rings. The largest absolute Gasteiger partial charge is 0.247 e. The minimum Gasteiger partial charge on any atom is -0.247 e. The molecule has 1 fully saturated rings. The van der Waals surface area contributed by atoms with Gasteiger partial charge in [0.1, 0.15) is 0 Å². The third kappa shape index (κ3) is 1.03. The van der Waals surface area contributed by atoms with Gasteiger partial charge in [0.15, 0.2) is 0 Å². The zero-order valence-electron chi connectivity index (χ0n) is 2.64. The topological polar surface area (TPSA) is 9.23 Å². The monoisotopic (exact) mass is 108 g/mol. The fourth-order valence-electron chi connectivity index (χ4n) is 0.170. The normalized spacial score (nSPS) is 24.0. The third-order valence-corrected chi connectivity index (χ3v) is 2.12. The van der Waals surface area contributed by atoms with Crippen LogP contribution in [0.5, 0.6) is 0 Å². The van der Waals surface area contributed by atoms with Crippen molar-refractivity contribution in [1.29, 1.82) is 0 Å². The van der Waals surface area contributed by atoms with E-state index in [1.54, 1.807) is 0 Å². The van der Waals surface area contributed by atoms with Crippen molar-refractivity contribution in [2.24, 2.45) is 0 Å². The van der Waals surface area contributed by atoms with Gasteiger partial charge in [-0.25, -0.2) is 3.63 Å². The van der Waals surface area contributed by atoms with Crippen LogP contribution in [0.25, 0.3) is 0 Å². The van der Waals surface area contributed by atoms with Crippen molar-refractivity contribution in [2.75, 3.05) is 11.5 Å². The molecule has 1 aliphatic rings.